The Labute approximate surface area is 151 Å². The SMILES string of the molecule is CC1CCN(C(N)=NCc2cccc(CN3CCOC(C)C3)c2)CC1. The van der Waals surface area contributed by atoms with E-state index in [1.165, 1.54) is 24.0 Å². The summed E-state index contributed by atoms with van der Waals surface area (Å²) < 4.78 is 5.62. The van der Waals surface area contributed by atoms with E-state index in [-0.39, 0.29) is 0 Å². The van der Waals surface area contributed by atoms with Crippen LogP contribution in [0.25, 0.3) is 0 Å². The maximum atomic E-state index is 6.20. The Morgan fingerprint density at radius 2 is 1.96 bits per heavy atom. The van der Waals surface area contributed by atoms with Crippen LogP contribution in [0.4, 0.5) is 0 Å². The van der Waals surface area contributed by atoms with Crippen molar-refractivity contribution in [2.45, 2.75) is 45.9 Å². The summed E-state index contributed by atoms with van der Waals surface area (Å²) in [7, 11) is 0. The van der Waals surface area contributed by atoms with Crippen LogP contribution in [-0.4, -0.2) is 54.6 Å². The topological polar surface area (TPSA) is 54.1 Å². The number of nitrogens with zero attached hydrogens (tertiary/aromatic N) is 3. The van der Waals surface area contributed by atoms with Crippen LogP contribution in [-0.2, 0) is 17.8 Å². The molecule has 0 bridgehead atoms. The minimum Gasteiger partial charge on any atom is -0.376 e. The van der Waals surface area contributed by atoms with Gasteiger partial charge in [0.25, 0.3) is 0 Å². The monoisotopic (exact) mass is 344 g/mol. The van der Waals surface area contributed by atoms with E-state index in [1.54, 1.807) is 0 Å². The smallest absolute Gasteiger partial charge is 0.191 e. The maximum absolute atomic E-state index is 6.20. The molecular weight excluding hydrogens is 312 g/mol. The zero-order valence-corrected chi connectivity index (χ0v) is 15.7. The lowest BCUT2D eigenvalue weighted by molar-refractivity contribution is -0.0212. The lowest BCUT2D eigenvalue weighted by Crippen LogP contribution is -2.42. The molecule has 2 saturated heterocycles. The molecule has 1 aromatic rings. The Bertz CT molecular complexity index is 581. The van der Waals surface area contributed by atoms with Gasteiger partial charge in [-0.05, 0) is 36.8 Å². The molecule has 1 atom stereocenters. The zero-order chi connectivity index (χ0) is 17.6. The average Bonchev–Trinajstić information content (AvgIpc) is 2.61. The summed E-state index contributed by atoms with van der Waals surface area (Å²) in [5.41, 5.74) is 8.77. The molecule has 0 aromatic heterocycles. The van der Waals surface area contributed by atoms with Crippen LogP contribution in [0.15, 0.2) is 29.3 Å². The van der Waals surface area contributed by atoms with Crippen molar-refractivity contribution in [1.29, 1.82) is 0 Å². The molecule has 0 amide bonds. The first kappa shape index (κ1) is 18.2. The van der Waals surface area contributed by atoms with Gasteiger partial charge in [-0.25, -0.2) is 4.99 Å². The number of hydrogen-bond acceptors (Lipinski definition) is 3. The van der Waals surface area contributed by atoms with Gasteiger partial charge in [0.2, 0.25) is 0 Å². The average molecular weight is 345 g/mol. The predicted octanol–water partition coefficient (Wildman–Crippen LogP) is 2.45. The van der Waals surface area contributed by atoms with Crippen molar-refractivity contribution in [3.63, 3.8) is 0 Å². The highest BCUT2D eigenvalue weighted by Gasteiger charge is 2.18. The van der Waals surface area contributed by atoms with Crippen LogP contribution in [0.1, 0.15) is 37.8 Å². The second kappa shape index (κ2) is 8.68. The molecule has 0 saturated carbocycles. The van der Waals surface area contributed by atoms with E-state index in [0.717, 1.165) is 45.2 Å². The van der Waals surface area contributed by atoms with Crippen molar-refractivity contribution in [3.05, 3.63) is 35.4 Å². The van der Waals surface area contributed by atoms with Crippen LogP contribution in [0.2, 0.25) is 0 Å². The number of hydrogen-bond donors (Lipinski definition) is 1. The first-order valence-corrected chi connectivity index (χ1v) is 9.57. The summed E-state index contributed by atoms with van der Waals surface area (Å²) in [6, 6.07) is 8.72. The van der Waals surface area contributed by atoms with Crippen molar-refractivity contribution >= 4 is 5.96 Å². The quantitative estimate of drug-likeness (QED) is 0.673. The molecule has 2 heterocycles. The Balaban J connectivity index is 1.55. The molecule has 3 rings (SSSR count). The lowest BCUT2D eigenvalue weighted by atomic mass is 10.00. The van der Waals surface area contributed by atoms with Crippen LogP contribution >= 0.6 is 0 Å². The highest BCUT2D eigenvalue weighted by molar-refractivity contribution is 5.78. The third-order valence-electron chi connectivity index (χ3n) is 5.25. The van der Waals surface area contributed by atoms with E-state index >= 15 is 0 Å². The van der Waals surface area contributed by atoms with E-state index in [4.69, 9.17) is 10.5 Å². The third kappa shape index (κ3) is 5.44. The summed E-state index contributed by atoms with van der Waals surface area (Å²) in [6.45, 7) is 11.0. The number of guanidine groups is 1. The number of likely N-dealkylation sites (tertiary alicyclic amines) is 1. The molecular formula is C20H32N4O. The van der Waals surface area contributed by atoms with Crippen molar-refractivity contribution in [1.82, 2.24) is 9.80 Å². The fourth-order valence-corrected chi connectivity index (χ4v) is 3.63. The zero-order valence-electron chi connectivity index (χ0n) is 15.7. The van der Waals surface area contributed by atoms with Crippen LogP contribution < -0.4 is 5.73 Å². The summed E-state index contributed by atoms with van der Waals surface area (Å²) in [5.74, 6) is 1.50. The van der Waals surface area contributed by atoms with Crippen molar-refractivity contribution in [2.75, 3.05) is 32.8 Å². The molecule has 2 aliphatic heterocycles. The molecule has 1 aromatic carbocycles. The highest BCUT2D eigenvalue weighted by Crippen LogP contribution is 2.16. The second-order valence-electron chi connectivity index (χ2n) is 7.58. The van der Waals surface area contributed by atoms with Crippen molar-refractivity contribution in [3.8, 4) is 0 Å². The maximum Gasteiger partial charge on any atom is 0.191 e. The molecule has 5 heteroatoms. The Kier molecular flexibility index (Phi) is 6.32. The van der Waals surface area contributed by atoms with Gasteiger partial charge in [0, 0.05) is 32.7 Å². The van der Waals surface area contributed by atoms with Gasteiger partial charge < -0.3 is 15.4 Å². The first-order valence-electron chi connectivity index (χ1n) is 9.57. The van der Waals surface area contributed by atoms with E-state index in [9.17, 15) is 0 Å². The standard InChI is InChI=1S/C20H32N4O/c1-16-6-8-24(9-7-16)20(21)22-13-18-4-3-5-19(12-18)15-23-10-11-25-17(2)14-23/h3-5,12,16-17H,6-11,13-15H2,1-2H3,(H2,21,22). The Hall–Kier alpha value is -1.59. The molecule has 2 fully saturated rings. The molecule has 0 radical (unpaired) electrons. The van der Waals surface area contributed by atoms with E-state index in [0.29, 0.717) is 18.6 Å². The molecule has 5 nitrogen and oxygen atoms in total. The number of morpholine rings is 1. The number of ether oxygens (including phenoxy) is 1. The molecule has 138 valence electrons. The Morgan fingerprint density at radius 1 is 1.20 bits per heavy atom. The van der Waals surface area contributed by atoms with E-state index < -0.39 is 0 Å². The van der Waals surface area contributed by atoms with Gasteiger partial charge in [0.15, 0.2) is 5.96 Å². The molecule has 2 aliphatic rings. The van der Waals surface area contributed by atoms with E-state index in [2.05, 4.69) is 52.9 Å². The van der Waals surface area contributed by atoms with Crippen molar-refractivity contribution < 1.29 is 4.74 Å². The first-order chi connectivity index (χ1) is 12.1. The van der Waals surface area contributed by atoms with Crippen molar-refractivity contribution in [2.24, 2.45) is 16.6 Å². The number of benzene rings is 1. The predicted molar refractivity (Wildman–Crippen MR) is 102 cm³/mol. The summed E-state index contributed by atoms with van der Waals surface area (Å²) in [4.78, 5) is 9.31. The molecule has 0 spiro atoms. The number of piperidine rings is 1. The Morgan fingerprint density at radius 3 is 2.72 bits per heavy atom. The third-order valence-corrected chi connectivity index (χ3v) is 5.25. The molecule has 1 unspecified atom stereocenters. The van der Waals surface area contributed by atoms with E-state index in [1.807, 2.05) is 0 Å². The van der Waals surface area contributed by atoms with Gasteiger partial charge in [-0.1, -0.05) is 31.2 Å². The van der Waals surface area contributed by atoms with Gasteiger partial charge in [0.1, 0.15) is 0 Å². The van der Waals surface area contributed by atoms with Crippen LogP contribution in [0, 0.1) is 5.92 Å². The minimum absolute atomic E-state index is 0.327. The number of rotatable bonds is 4. The summed E-state index contributed by atoms with van der Waals surface area (Å²) in [5, 5.41) is 0. The van der Waals surface area contributed by atoms with Crippen LogP contribution in [0.5, 0.6) is 0 Å². The van der Waals surface area contributed by atoms with Gasteiger partial charge in [0.05, 0.1) is 19.3 Å². The minimum atomic E-state index is 0.327. The normalized spacial score (nSPS) is 23.8. The van der Waals surface area contributed by atoms with Gasteiger partial charge in [-0.2, -0.15) is 0 Å². The van der Waals surface area contributed by atoms with Crippen LogP contribution in [0.3, 0.4) is 0 Å². The molecule has 2 N–H and O–H groups in total. The van der Waals surface area contributed by atoms with Gasteiger partial charge >= 0.3 is 0 Å². The summed E-state index contributed by atoms with van der Waals surface area (Å²) >= 11 is 0. The van der Waals surface area contributed by atoms with Gasteiger partial charge in [-0.15, -0.1) is 0 Å². The summed E-state index contributed by atoms with van der Waals surface area (Å²) in [6.07, 6.45) is 2.75. The fraction of sp³-hybridized carbons (Fsp3) is 0.650. The second-order valence-corrected chi connectivity index (χ2v) is 7.58. The highest BCUT2D eigenvalue weighted by atomic mass is 16.5. The lowest BCUT2D eigenvalue weighted by Gasteiger charge is -2.31. The van der Waals surface area contributed by atoms with Gasteiger partial charge in [-0.3, -0.25) is 4.90 Å². The molecule has 25 heavy (non-hydrogen) atoms. The fourth-order valence-electron chi connectivity index (χ4n) is 3.63. The number of aliphatic imine (C=N–C) groups is 1. The largest absolute Gasteiger partial charge is 0.376 e. The molecule has 0 aliphatic carbocycles. The number of nitrogens with two attached hydrogens (primary N) is 1.